The van der Waals surface area contributed by atoms with Gasteiger partial charge in [0.05, 0.1) is 12.3 Å². The van der Waals surface area contributed by atoms with E-state index in [1.54, 1.807) is 31.7 Å². The summed E-state index contributed by atoms with van der Waals surface area (Å²) in [6.45, 7) is 9.43. The van der Waals surface area contributed by atoms with Crippen LogP contribution in [0.3, 0.4) is 0 Å². The fourth-order valence-electron chi connectivity index (χ4n) is 6.68. The molecular weight excluding hydrogens is 671 g/mol. The number of nitrogens with one attached hydrogen (secondary N) is 3. The highest BCUT2D eigenvalue weighted by molar-refractivity contribution is 6.43. The average molecular weight is 727 g/mol. The van der Waals surface area contributed by atoms with Crippen molar-refractivity contribution in [3.63, 3.8) is 0 Å². The molecule has 0 aromatic heterocycles. The predicted molar refractivity (Wildman–Crippen MR) is 196 cm³/mol. The standard InChI is InChI=1S/C37H55FN8O6/c1-7-40-29(15-16-39)34(48)43-32(30(24-9-10-24)25-11-12-25)35(49)41-28-14-13-26(21-27(28)38)22(3)31(36(50)46-19-17-44(5)18-20-46)42-33(47)23(4)45(6)37(51)52-8-2/h13-16,21-25,30-32H,7-12,17-20,39H2,1-6H3,(H,41,49)(H,42,47)(H,43,48)/b16-15-,40-29?/t22-,23-,31+,32-/m0/s1. The number of likely N-dealkylation sites (N-methyl/N-ethyl adjacent to an activating group) is 2. The Bertz CT molecular complexity index is 1510. The van der Waals surface area contributed by atoms with Gasteiger partial charge in [-0.1, -0.05) is 13.0 Å². The number of halogens is 1. The molecule has 1 saturated heterocycles. The molecule has 5 N–H and O–H groups in total. The van der Waals surface area contributed by atoms with Crippen molar-refractivity contribution in [1.29, 1.82) is 0 Å². The molecular formula is C37H55FN8O6. The number of amides is 5. The van der Waals surface area contributed by atoms with Crippen LogP contribution in [0.15, 0.2) is 35.5 Å². The van der Waals surface area contributed by atoms with Crippen molar-refractivity contribution < 1.29 is 33.1 Å². The van der Waals surface area contributed by atoms with Crippen LogP contribution < -0.4 is 21.7 Å². The Kier molecular flexibility index (Phi) is 14.2. The number of anilines is 1. The SMILES string of the molecule is CCN=C(/C=C\N)C(=O)N[C@H](C(=O)Nc1ccc([C@H](C)[C@@H](NC(=O)[C@H](C)N(C)C(=O)OCC)C(=O)N2CCN(C)CC2)cc1F)C(C1CC1)C1CC1. The first-order chi connectivity index (χ1) is 24.8. The predicted octanol–water partition coefficient (Wildman–Crippen LogP) is 2.46. The first kappa shape index (κ1) is 40.2. The zero-order chi connectivity index (χ0) is 38.1. The van der Waals surface area contributed by atoms with Gasteiger partial charge in [0.25, 0.3) is 5.91 Å². The van der Waals surface area contributed by atoms with E-state index in [9.17, 15) is 24.0 Å². The van der Waals surface area contributed by atoms with Gasteiger partial charge in [-0.3, -0.25) is 29.1 Å². The lowest BCUT2D eigenvalue weighted by atomic mass is 9.88. The number of rotatable bonds is 16. The summed E-state index contributed by atoms with van der Waals surface area (Å²) in [5.41, 5.74) is 5.98. The van der Waals surface area contributed by atoms with E-state index in [-0.39, 0.29) is 41.7 Å². The zero-order valence-corrected chi connectivity index (χ0v) is 31.2. The maximum absolute atomic E-state index is 15.9. The molecule has 2 saturated carbocycles. The summed E-state index contributed by atoms with van der Waals surface area (Å²) in [6.07, 6.45) is 5.78. The second kappa shape index (κ2) is 18.3. The highest BCUT2D eigenvalue weighted by atomic mass is 19.1. The molecule has 14 nitrogen and oxygen atoms in total. The van der Waals surface area contributed by atoms with Gasteiger partial charge in [-0.05, 0) is 101 Å². The summed E-state index contributed by atoms with van der Waals surface area (Å²) in [5, 5.41) is 8.41. The van der Waals surface area contributed by atoms with E-state index in [1.807, 2.05) is 7.05 Å². The Morgan fingerprint density at radius 1 is 1.00 bits per heavy atom. The Labute approximate surface area is 305 Å². The molecule has 0 unspecified atom stereocenters. The Morgan fingerprint density at radius 2 is 1.63 bits per heavy atom. The molecule has 1 heterocycles. The number of nitrogens with zero attached hydrogens (tertiary/aromatic N) is 4. The summed E-state index contributed by atoms with van der Waals surface area (Å²) < 4.78 is 20.9. The Morgan fingerprint density at radius 3 is 2.17 bits per heavy atom. The first-order valence-corrected chi connectivity index (χ1v) is 18.3. The summed E-state index contributed by atoms with van der Waals surface area (Å²) >= 11 is 0. The van der Waals surface area contributed by atoms with Crippen molar-refractivity contribution in [2.75, 3.05) is 58.7 Å². The van der Waals surface area contributed by atoms with E-state index in [0.717, 1.165) is 30.6 Å². The minimum Gasteiger partial charge on any atom is -0.450 e. The second-order valence-electron chi connectivity index (χ2n) is 14.0. The largest absolute Gasteiger partial charge is 0.450 e. The molecule has 1 aromatic carbocycles. The smallest absolute Gasteiger partial charge is 0.410 e. The summed E-state index contributed by atoms with van der Waals surface area (Å²) in [5.74, 6) is -2.88. The van der Waals surface area contributed by atoms with Crippen molar-refractivity contribution >= 4 is 41.1 Å². The molecule has 0 radical (unpaired) electrons. The average Bonchev–Trinajstić information content (AvgIpc) is 4.07. The second-order valence-corrected chi connectivity index (χ2v) is 14.0. The lowest BCUT2D eigenvalue weighted by molar-refractivity contribution is -0.139. The monoisotopic (exact) mass is 726 g/mol. The normalized spacial score (nSPS) is 19.1. The quantitative estimate of drug-likeness (QED) is 0.188. The number of hydrogen-bond acceptors (Lipinski definition) is 9. The molecule has 1 aromatic rings. The van der Waals surface area contributed by atoms with E-state index in [4.69, 9.17) is 10.5 Å². The lowest BCUT2D eigenvalue weighted by Gasteiger charge is -2.37. The summed E-state index contributed by atoms with van der Waals surface area (Å²) in [4.78, 5) is 75.9. The van der Waals surface area contributed by atoms with Crippen LogP contribution in [0.4, 0.5) is 14.9 Å². The topological polar surface area (TPSA) is 179 Å². The molecule has 0 spiro atoms. The van der Waals surface area contributed by atoms with Crippen molar-refractivity contribution in [3.05, 3.63) is 41.9 Å². The van der Waals surface area contributed by atoms with E-state index in [1.165, 1.54) is 38.4 Å². The highest BCUT2D eigenvalue weighted by Gasteiger charge is 2.48. The minimum absolute atomic E-state index is 0.0782. The molecule has 3 aliphatic rings. The third-order valence-electron chi connectivity index (χ3n) is 10.3. The summed E-state index contributed by atoms with van der Waals surface area (Å²) in [6, 6.07) is 1.34. The van der Waals surface area contributed by atoms with E-state index in [0.29, 0.717) is 38.3 Å². The number of carbonyl (C=O) groups is 5. The molecule has 0 bridgehead atoms. The zero-order valence-electron chi connectivity index (χ0n) is 31.2. The van der Waals surface area contributed by atoms with Gasteiger partial charge in [0.2, 0.25) is 17.7 Å². The van der Waals surface area contributed by atoms with E-state index < -0.39 is 53.7 Å². The number of carbonyl (C=O) groups excluding carboxylic acids is 5. The first-order valence-electron chi connectivity index (χ1n) is 18.3. The van der Waals surface area contributed by atoms with Crippen molar-refractivity contribution in [3.8, 4) is 0 Å². The van der Waals surface area contributed by atoms with E-state index >= 15 is 4.39 Å². The molecule has 3 fully saturated rings. The molecule has 1 aliphatic heterocycles. The molecule has 286 valence electrons. The summed E-state index contributed by atoms with van der Waals surface area (Å²) in [7, 11) is 3.40. The number of piperazine rings is 1. The van der Waals surface area contributed by atoms with Gasteiger partial charge in [-0.25, -0.2) is 9.18 Å². The van der Waals surface area contributed by atoms with Crippen LogP contribution >= 0.6 is 0 Å². The van der Waals surface area contributed by atoms with Crippen LogP contribution in [0.1, 0.15) is 64.9 Å². The van der Waals surface area contributed by atoms with Gasteiger partial charge >= 0.3 is 6.09 Å². The van der Waals surface area contributed by atoms with Gasteiger partial charge in [-0.15, -0.1) is 0 Å². The van der Waals surface area contributed by atoms with Gasteiger partial charge in [-0.2, -0.15) is 0 Å². The Balaban J connectivity index is 1.56. The van der Waals surface area contributed by atoms with Crippen LogP contribution in [0.5, 0.6) is 0 Å². The molecule has 52 heavy (non-hydrogen) atoms. The lowest BCUT2D eigenvalue weighted by Crippen LogP contribution is -2.58. The Hall–Kier alpha value is -4.53. The van der Waals surface area contributed by atoms with E-state index in [2.05, 4.69) is 25.8 Å². The maximum atomic E-state index is 15.9. The van der Waals surface area contributed by atoms with Crippen molar-refractivity contribution in [2.24, 2.45) is 28.5 Å². The molecule has 5 amide bonds. The van der Waals surface area contributed by atoms with Crippen molar-refractivity contribution in [2.45, 2.75) is 77.4 Å². The molecule has 4 atom stereocenters. The number of benzene rings is 1. The fourth-order valence-corrected chi connectivity index (χ4v) is 6.68. The van der Waals surface area contributed by atoms with Gasteiger partial charge < -0.3 is 36.2 Å². The number of ether oxygens (including phenoxy) is 1. The number of hydrogen-bond donors (Lipinski definition) is 4. The molecule has 4 rings (SSSR count). The van der Waals surface area contributed by atoms with Crippen LogP contribution in [0, 0.1) is 23.6 Å². The fraction of sp³-hybridized carbons (Fsp3) is 0.622. The highest BCUT2D eigenvalue weighted by Crippen LogP contribution is 2.51. The van der Waals surface area contributed by atoms with Gasteiger partial charge in [0.15, 0.2) is 0 Å². The van der Waals surface area contributed by atoms with Gasteiger partial charge in [0.1, 0.15) is 29.7 Å². The van der Waals surface area contributed by atoms with Crippen LogP contribution in [-0.4, -0.2) is 122 Å². The minimum atomic E-state index is -1.08. The van der Waals surface area contributed by atoms with Crippen LogP contribution in [0.2, 0.25) is 0 Å². The van der Waals surface area contributed by atoms with Gasteiger partial charge in [0, 0.05) is 45.7 Å². The van der Waals surface area contributed by atoms with Crippen molar-refractivity contribution in [1.82, 2.24) is 25.3 Å². The maximum Gasteiger partial charge on any atom is 0.410 e. The molecule has 2 aliphatic carbocycles. The number of nitrogens with two attached hydrogens (primary N) is 1. The molecule has 15 heteroatoms. The third kappa shape index (κ3) is 10.3. The third-order valence-corrected chi connectivity index (χ3v) is 10.3. The van der Waals surface area contributed by atoms with Crippen LogP contribution in [0.25, 0.3) is 0 Å². The number of aliphatic imine (C=N–C) groups is 1. The van der Waals surface area contributed by atoms with Crippen LogP contribution in [-0.2, 0) is 23.9 Å².